The van der Waals surface area contributed by atoms with E-state index in [0.29, 0.717) is 16.9 Å². The van der Waals surface area contributed by atoms with Gasteiger partial charge in [-0.05, 0) is 76.9 Å². The van der Waals surface area contributed by atoms with Gasteiger partial charge in [-0.2, -0.15) is 5.09 Å². The number of aliphatic hydroxyl groups excluding tert-OH is 1. The van der Waals surface area contributed by atoms with E-state index >= 15 is 0 Å². The second-order valence-electron chi connectivity index (χ2n) is 18.5. The quantitative estimate of drug-likeness (QED) is 0.0416. The topological polar surface area (TPSA) is 305 Å². The van der Waals surface area contributed by atoms with Crippen molar-refractivity contribution < 1.29 is 65.8 Å². The highest BCUT2D eigenvalue weighted by Gasteiger charge is 2.42. The van der Waals surface area contributed by atoms with Gasteiger partial charge < -0.3 is 42.6 Å². The molecular weight excluding hydrogens is 1090 g/mol. The Balaban J connectivity index is 0.000000213. The first-order chi connectivity index (χ1) is 37.4. The number of esters is 2. The van der Waals surface area contributed by atoms with Crippen LogP contribution in [0.4, 0.5) is 0 Å². The number of halogens is 1. The van der Waals surface area contributed by atoms with Crippen molar-refractivity contribution in [3.63, 3.8) is 0 Å². The number of hydrogen-bond donors (Lipinski definition) is 5. The van der Waals surface area contributed by atoms with Gasteiger partial charge in [-0.1, -0.05) is 97.1 Å². The van der Waals surface area contributed by atoms with Crippen molar-refractivity contribution in [2.75, 3.05) is 26.4 Å². The molecule has 2 fully saturated rings. The molecule has 2 unspecified atom stereocenters. The summed E-state index contributed by atoms with van der Waals surface area (Å²) in [4.78, 5) is 76.0. The first-order valence-corrected chi connectivity index (χ1v) is 28.4. The summed E-state index contributed by atoms with van der Waals surface area (Å²) in [6.07, 6.45) is -0.406. The Morgan fingerprint density at radius 3 is 1.46 bits per heavy atom. The second kappa shape index (κ2) is 27.9. The van der Waals surface area contributed by atoms with Crippen LogP contribution in [0.1, 0.15) is 62.4 Å². The van der Waals surface area contributed by atoms with Crippen LogP contribution in [0.25, 0.3) is 0 Å². The van der Waals surface area contributed by atoms with Gasteiger partial charge in [-0.15, -0.1) is 0 Å². The number of aliphatic hydroxyl groups is 1. The summed E-state index contributed by atoms with van der Waals surface area (Å²) in [5, 5.41) is 14.0. The van der Waals surface area contributed by atoms with E-state index in [2.05, 4.69) is 20.1 Å². The Bertz CT molecular complexity index is 3310. The number of carbonyl (C=O) groups is 2. The van der Waals surface area contributed by atoms with E-state index in [1.54, 1.807) is 74.5 Å². The molecule has 0 aliphatic carbocycles. The molecule has 8 rings (SSSR count). The van der Waals surface area contributed by atoms with E-state index in [1.807, 2.05) is 60.7 Å². The number of para-hydroxylation sites is 2. The monoisotopic (exact) mass is 1150 g/mol. The fourth-order valence-corrected chi connectivity index (χ4v) is 10.8. The third-order valence-corrected chi connectivity index (χ3v) is 14.6. The minimum Gasteiger partial charge on any atom is -0.459 e. The number of carbonyl (C=O) groups excluding carboxylic acids is 2. The van der Waals surface area contributed by atoms with Gasteiger partial charge in [0.15, 0.2) is 25.0 Å². The van der Waals surface area contributed by atoms with Crippen molar-refractivity contribution in [2.45, 2.75) is 90.9 Å². The summed E-state index contributed by atoms with van der Waals surface area (Å²) in [6.45, 7) is 5.10. The molecule has 2 aromatic heterocycles. The molecule has 0 bridgehead atoms. The SMILES string of the molecule is CC(C)(NP(=O)(Cl)Oc1ccccc1)C(=O)OCc1ccccc1.Cc1cn([C@H]2CO[C@@H](CO)O2)c(=O)[nH]c1=O.Cc1cn([C@H]2CO[C@@H](COP(=O)(NC(C)(C)C(=O)OCc3ccccc3)Oc3ccccc3)O2)c(=O)[nH]c1=O. The highest BCUT2D eigenvalue weighted by Crippen LogP contribution is 2.50. The van der Waals surface area contributed by atoms with Gasteiger partial charge in [0.1, 0.15) is 42.4 Å². The fourth-order valence-electron chi connectivity index (χ4n) is 7.04. The average Bonchev–Trinajstić information content (AvgIpc) is 4.13. The van der Waals surface area contributed by atoms with Crippen molar-refractivity contribution >= 4 is 37.8 Å². The van der Waals surface area contributed by atoms with Gasteiger partial charge in [0.05, 0.1) is 19.8 Å². The standard InChI is InChI=1S/C26H30N3O9P.C17H19ClNO4P.C9H12N2O5/c1-18-14-29(25(32)27-23(18)30)21-16-34-22(37-21)17-36-39(33,38-20-12-8-5-9-13-20)28-26(2,3)24(31)35-15-19-10-6-4-7-11-19;1-17(2,16(20)22-13-14-9-5-3-6-10-14)19-24(18,21)23-15-11-7-4-8-12-15;1-5-2-11(9(14)10-8(5)13)6-4-15-7(3-12)16-6/h4-14,21-22H,15-17H2,1-3H3,(H,28,33)(H,27,30,32);3-12H,13H2,1-2H3,(H,19,21);2,6-7,12H,3-4H2,1H3,(H,10,13,14)/t21-,22-,39?;;6-,7-/m1.1/s1. The highest BCUT2D eigenvalue weighted by molar-refractivity contribution is 7.84. The van der Waals surface area contributed by atoms with Gasteiger partial charge >= 0.3 is 37.9 Å². The van der Waals surface area contributed by atoms with Crippen molar-refractivity contribution in [1.29, 1.82) is 0 Å². The number of aromatic amines is 2. The molecule has 4 aromatic carbocycles. The summed E-state index contributed by atoms with van der Waals surface area (Å²) in [5.41, 5.74) is -2.48. The number of aryl methyl sites for hydroxylation is 2. The molecule has 0 amide bonds. The van der Waals surface area contributed by atoms with E-state index in [0.717, 1.165) is 11.1 Å². The van der Waals surface area contributed by atoms with Crippen LogP contribution in [-0.2, 0) is 64.9 Å². The molecule has 0 saturated carbocycles. The molecular formula is C52H61ClN6O18P2. The smallest absolute Gasteiger partial charge is 0.459 e. The van der Waals surface area contributed by atoms with Gasteiger partial charge in [0, 0.05) is 34.8 Å². The minimum atomic E-state index is -4.21. The molecule has 24 nitrogen and oxygen atoms in total. The number of nitrogens with zero attached hydrogens (tertiary/aromatic N) is 2. The minimum absolute atomic E-state index is 0.0198. The zero-order valence-corrected chi connectivity index (χ0v) is 46.4. The molecule has 79 heavy (non-hydrogen) atoms. The van der Waals surface area contributed by atoms with Gasteiger partial charge in [-0.3, -0.25) is 42.8 Å². The molecule has 5 N–H and O–H groups in total. The lowest BCUT2D eigenvalue weighted by molar-refractivity contribution is -0.151. The molecule has 4 heterocycles. The lowest BCUT2D eigenvalue weighted by Crippen LogP contribution is -2.47. The molecule has 6 aromatic rings. The Kier molecular flexibility index (Phi) is 21.7. The Morgan fingerprint density at radius 1 is 0.633 bits per heavy atom. The number of aromatic nitrogens is 4. The van der Waals surface area contributed by atoms with Gasteiger partial charge in [0.25, 0.3) is 11.1 Å². The summed E-state index contributed by atoms with van der Waals surface area (Å²) in [6, 6.07) is 35.2. The van der Waals surface area contributed by atoms with E-state index < -0.39 is 85.2 Å². The van der Waals surface area contributed by atoms with Crippen LogP contribution in [-0.4, -0.2) is 86.2 Å². The van der Waals surface area contributed by atoms with Crippen LogP contribution >= 0.6 is 25.9 Å². The molecule has 424 valence electrons. The van der Waals surface area contributed by atoms with Crippen LogP contribution in [0.3, 0.4) is 0 Å². The highest BCUT2D eigenvalue weighted by atomic mass is 35.7. The van der Waals surface area contributed by atoms with Crippen LogP contribution < -0.4 is 41.7 Å². The molecule has 0 spiro atoms. The molecule has 2 aliphatic heterocycles. The van der Waals surface area contributed by atoms with Crippen LogP contribution in [0.15, 0.2) is 153 Å². The Hall–Kier alpha value is -6.79. The Morgan fingerprint density at radius 2 is 1.03 bits per heavy atom. The van der Waals surface area contributed by atoms with Crippen LogP contribution in [0.2, 0.25) is 0 Å². The van der Waals surface area contributed by atoms with E-state index in [-0.39, 0.29) is 45.4 Å². The van der Waals surface area contributed by atoms with Gasteiger partial charge in [-0.25, -0.2) is 23.8 Å². The van der Waals surface area contributed by atoms with Crippen LogP contribution in [0.5, 0.6) is 11.5 Å². The van der Waals surface area contributed by atoms with E-state index in [1.165, 1.54) is 49.2 Å². The lowest BCUT2D eigenvalue weighted by Gasteiger charge is -2.29. The number of ether oxygens (including phenoxy) is 6. The first-order valence-electron chi connectivity index (χ1n) is 24.3. The number of benzene rings is 4. The summed E-state index contributed by atoms with van der Waals surface area (Å²) < 4.78 is 77.5. The maximum absolute atomic E-state index is 13.9. The van der Waals surface area contributed by atoms with E-state index in [9.17, 15) is 37.9 Å². The number of H-pyrrole nitrogens is 2. The molecule has 6 atom stereocenters. The zero-order chi connectivity index (χ0) is 57.4. The molecule has 27 heteroatoms. The maximum atomic E-state index is 13.9. The molecule has 0 radical (unpaired) electrons. The zero-order valence-electron chi connectivity index (χ0n) is 43.8. The number of rotatable bonds is 20. The molecule has 2 saturated heterocycles. The van der Waals surface area contributed by atoms with Crippen molar-refractivity contribution in [3.8, 4) is 11.5 Å². The van der Waals surface area contributed by atoms with Crippen molar-refractivity contribution in [1.82, 2.24) is 29.3 Å². The fraction of sp³-hybridized carbons (Fsp3) is 0.346. The maximum Gasteiger partial charge on any atom is 0.459 e. The largest absolute Gasteiger partial charge is 0.459 e. The first kappa shape index (κ1) is 61.4. The number of hydrogen-bond acceptors (Lipinski definition) is 18. The summed E-state index contributed by atoms with van der Waals surface area (Å²) in [7, 11) is -4.21. The third-order valence-electron chi connectivity index (χ3n) is 11.1. The van der Waals surface area contributed by atoms with Crippen LogP contribution in [0, 0.1) is 13.8 Å². The summed E-state index contributed by atoms with van der Waals surface area (Å²) in [5.74, 6) is -0.669. The molecule has 2 aliphatic rings. The normalized spacial score (nSPS) is 18.5. The lowest BCUT2D eigenvalue weighted by atomic mass is 10.1. The number of nitrogens with one attached hydrogen (secondary N) is 4. The average molecular weight is 1160 g/mol. The van der Waals surface area contributed by atoms with Gasteiger partial charge in [0.2, 0.25) is 0 Å². The van der Waals surface area contributed by atoms with E-state index in [4.69, 9.17) is 58.3 Å². The summed E-state index contributed by atoms with van der Waals surface area (Å²) >= 11 is 5.93. The van der Waals surface area contributed by atoms with Crippen molar-refractivity contribution in [3.05, 3.63) is 198 Å². The predicted octanol–water partition coefficient (Wildman–Crippen LogP) is 6.26. The predicted molar refractivity (Wildman–Crippen MR) is 287 cm³/mol. The Labute approximate surface area is 457 Å². The third kappa shape index (κ3) is 18.7. The second-order valence-corrected chi connectivity index (χ2v) is 22.9. The van der Waals surface area contributed by atoms with Crippen molar-refractivity contribution in [2.24, 2.45) is 0 Å².